The predicted molar refractivity (Wildman–Crippen MR) is 128 cm³/mol. The second kappa shape index (κ2) is 11.2. The van der Waals surface area contributed by atoms with E-state index >= 15 is 0 Å². The fraction of sp³-hybridized carbons (Fsp3) is 0.412. The third-order valence-electron chi connectivity index (χ3n) is 5.61. The molecule has 0 amide bonds. The number of rotatable bonds is 11. The summed E-state index contributed by atoms with van der Waals surface area (Å²) < 4.78 is 53.2. The van der Waals surface area contributed by atoms with Crippen LogP contribution in [-0.4, -0.2) is 58.0 Å². The van der Waals surface area contributed by atoms with Crippen molar-refractivity contribution >= 4 is 35.0 Å². The van der Waals surface area contributed by atoms with Crippen molar-refractivity contribution in [2.75, 3.05) is 12.3 Å². The van der Waals surface area contributed by atoms with Gasteiger partial charge in [0, 0.05) is 30.2 Å². The Bertz CT molecular complexity index is 1450. The molecule has 1 aliphatic rings. The van der Waals surface area contributed by atoms with Gasteiger partial charge in [-0.1, -0.05) is 25.1 Å². The Hall–Kier alpha value is -2.37. The van der Waals surface area contributed by atoms with E-state index in [2.05, 4.69) is 18.1 Å². The first kappa shape index (κ1) is 31.2. The molecule has 3 unspecified atom stereocenters. The van der Waals surface area contributed by atoms with E-state index < -0.39 is 71.0 Å². The number of benzene rings is 1. The number of aliphatic hydroxyl groups excluding tert-OH is 1. The van der Waals surface area contributed by atoms with E-state index in [0.29, 0.717) is 0 Å². The van der Waals surface area contributed by atoms with Crippen molar-refractivity contribution in [2.45, 2.75) is 37.2 Å². The SMILES string of the molecule is CC(c1ccccc1[N+](=O)[O-])[C@]1(n2ccc(N)nc2=O)C[C@H](O)[C@@H](COP(=O)(O)OP(=O)(O)OP(=O)(O)O)O1. The molecular weight excluding hydrogens is 593 g/mol. The fourth-order valence-electron chi connectivity index (χ4n) is 4.05. The van der Waals surface area contributed by atoms with Crippen molar-refractivity contribution < 1.29 is 61.2 Å². The van der Waals surface area contributed by atoms with Crippen LogP contribution in [0.4, 0.5) is 11.5 Å². The van der Waals surface area contributed by atoms with Gasteiger partial charge in [-0.25, -0.2) is 18.5 Å². The summed E-state index contributed by atoms with van der Waals surface area (Å²) in [5.41, 5.74) is 2.46. The molecule has 0 saturated carbocycles. The van der Waals surface area contributed by atoms with E-state index in [1.807, 2.05) is 0 Å². The lowest BCUT2D eigenvalue weighted by atomic mass is 9.86. The molecule has 1 aliphatic heterocycles. The highest BCUT2D eigenvalue weighted by Gasteiger charge is 2.54. The van der Waals surface area contributed by atoms with Gasteiger partial charge in [-0.2, -0.15) is 13.6 Å². The van der Waals surface area contributed by atoms with Crippen LogP contribution in [0.5, 0.6) is 0 Å². The Morgan fingerprint density at radius 1 is 1.21 bits per heavy atom. The summed E-state index contributed by atoms with van der Waals surface area (Å²) in [6, 6.07) is 6.74. The minimum atomic E-state index is -5.80. The van der Waals surface area contributed by atoms with Crippen molar-refractivity contribution in [1.29, 1.82) is 0 Å². The largest absolute Gasteiger partial charge is 0.490 e. The minimum absolute atomic E-state index is 0.0898. The lowest BCUT2D eigenvalue weighted by Gasteiger charge is -2.36. The normalized spacial score (nSPS) is 25.5. The summed E-state index contributed by atoms with van der Waals surface area (Å²) in [7, 11) is -17.0. The van der Waals surface area contributed by atoms with Crippen LogP contribution >= 0.6 is 23.5 Å². The monoisotopic (exact) mass is 616 g/mol. The third kappa shape index (κ3) is 7.43. The summed E-state index contributed by atoms with van der Waals surface area (Å²) in [5, 5.41) is 22.4. The maximum Gasteiger partial charge on any atom is 0.490 e. The molecule has 1 fully saturated rings. The Morgan fingerprint density at radius 2 is 1.85 bits per heavy atom. The van der Waals surface area contributed by atoms with E-state index in [4.69, 9.17) is 20.3 Å². The Morgan fingerprint density at radius 3 is 2.44 bits per heavy atom. The first-order valence-electron chi connectivity index (χ1n) is 10.6. The summed E-state index contributed by atoms with van der Waals surface area (Å²) in [5.74, 6) is -1.21. The predicted octanol–water partition coefficient (Wildman–Crippen LogP) is 0.683. The van der Waals surface area contributed by atoms with Gasteiger partial charge in [0.25, 0.3) is 5.69 Å². The first-order chi connectivity index (χ1) is 17.9. The number of nitrogen functional groups attached to an aromatic ring is 1. The third-order valence-corrected chi connectivity index (χ3v) is 9.42. The lowest BCUT2D eigenvalue weighted by Crippen LogP contribution is -2.46. The number of aliphatic hydroxyl groups is 1. The van der Waals surface area contributed by atoms with Crippen LogP contribution in [0.1, 0.15) is 24.8 Å². The molecule has 1 aromatic heterocycles. The standard InChI is InChI=1S/C17H23N4O15P3/c1-10(11-4-2-3-5-12(11)21(24)25)17(20-7-6-15(18)19-16(20)23)8-13(22)14(34-17)9-33-38(29,30)36-39(31,32)35-37(26,27)28/h2-7,10,13-14,22H,8-9H2,1H3,(H,29,30)(H,31,32)(H2,18,19,23)(H2,26,27,28)/t10?,13-,14+,17-/m0/s1. The van der Waals surface area contributed by atoms with Gasteiger partial charge in [0.2, 0.25) is 0 Å². The number of anilines is 1. The Kier molecular flexibility index (Phi) is 8.99. The van der Waals surface area contributed by atoms with Gasteiger partial charge in [-0.15, -0.1) is 0 Å². The average Bonchev–Trinajstić information content (AvgIpc) is 3.11. The molecule has 2 aromatic rings. The van der Waals surface area contributed by atoms with Gasteiger partial charge in [0.05, 0.1) is 17.6 Å². The van der Waals surface area contributed by atoms with Crippen LogP contribution in [0, 0.1) is 10.1 Å². The number of aromatic nitrogens is 2. The molecule has 3 rings (SSSR count). The maximum absolute atomic E-state index is 12.8. The molecule has 39 heavy (non-hydrogen) atoms. The minimum Gasteiger partial charge on any atom is -0.390 e. The van der Waals surface area contributed by atoms with Gasteiger partial charge in [-0.3, -0.25) is 19.2 Å². The quantitative estimate of drug-likeness (QED) is 0.115. The number of nitrogens with zero attached hydrogens (tertiary/aromatic N) is 3. The number of nitro benzene ring substituents is 1. The van der Waals surface area contributed by atoms with Gasteiger partial charge in [0.15, 0.2) is 5.72 Å². The summed E-state index contributed by atoms with van der Waals surface area (Å²) in [6.45, 7) is 0.427. The molecular formula is C17H23N4O15P3. The molecule has 0 spiro atoms. The molecule has 1 aromatic carbocycles. The molecule has 1 saturated heterocycles. The number of nitrogens with two attached hydrogens (primary N) is 1. The van der Waals surface area contributed by atoms with E-state index in [1.54, 1.807) is 0 Å². The van der Waals surface area contributed by atoms with Crippen molar-refractivity contribution in [3.8, 4) is 0 Å². The molecule has 0 bridgehead atoms. The molecule has 19 nitrogen and oxygen atoms in total. The maximum atomic E-state index is 12.8. The van der Waals surface area contributed by atoms with Crippen LogP contribution in [0.15, 0.2) is 41.3 Å². The molecule has 6 atom stereocenters. The molecule has 22 heteroatoms. The number of nitro groups is 1. The highest BCUT2D eigenvalue weighted by atomic mass is 31.3. The molecule has 0 aliphatic carbocycles. The van der Waals surface area contributed by atoms with Crippen molar-refractivity contribution in [1.82, 2.24) is 9.55 Å². The van der Waals surface area contributed by atoms with Crippen molar-refractivity contribution in [3.63, 3.8) is 0 Å². The van der Waals surface area contributed by atoms with E-state index in [1.165, 1.54) is 43.5 Å². The van der Waals surface area contributed by atoms with Crippen molar-refractivity contribution in [2.24, 2.45) is 0 Å². The smallest absolute Gasteiger partial charge is 0.390 e. The van der Waals surface area contributed by atoms with Crippen LogP contribution in [0.25, 0.3) is 0 Å². The number of para-hydroxylation sites is 1. The van der Waals surface area contributed by atoms with Gasteiger partial charge >= 0.3 is 29.2 Å². The number of phosphoric ester groups is 1. The fourth-order valence-corrected chi connectivity index (χ4v) is 7.08. The molecule has 216 valence electrons. The Balaban J connectivity index is 1.95. The average molecular weight is 616 g/mol. The summed E-state index contributed by atoms with van der Waals surface area (Å²) in [6.07, 6.45) is -2.37. The van der Waals surface area contributed by atoms with E-state index in [-0.39, 0.29) is 17.1 Å². The van der Waals surface area contributed by atoms with Gasteiger partial charge < -0.3 is 35.2 Å². The van der Waals surface area contributed by atoms with Crippen molar-refractivity contribution in [3.05, 3.63) is 62.7 Å². The number of hydrogen-bond donors (Lipinski definition) is 6. The molecule has 0 radical (unpaired) electrons. The van der Waals surface area contributed by atoms with Crippen LogP contribution in [0.2, 0.25) is 0 Å². The second-order valence-electron chi connectivity index (χ2n) is 8.20. The zero-order valence-corrected chi connectivity index (χ0v) is 22.4. The van der Waals surface area contributed by atoms with Gasteiger partial charge in [-0.05, 0) is 6.07 Å². The molecule has 7 N–H and O–H groups in total. The topological polar surface area (TPSA) is 293 Å². The molecule has 2 heterocycles. The highest BCUT2D eigenvalue weighted by Crippen LogP contribution is 2.66. The van der Waals surface area contributed by atoms with Gasteiger partial charge in [0.1, 0.15) is 11.9 Å². The summed E-state index contributed by atoms with van der Waals surface area (Å²) >= 11 is 0. The second-order valence-corrected chi connectivity index (χ2v) is 12.6. The van der Waals surface area contributed by atoms with Crippen LogP contribution in [0.3, 0.4) is 0 Å². The zero-order valence-electron chi connectivity index (χ0n) is 19.7. The van der Waals surface area contributed by atoms with E-state index in [9.17, 15) is 43.5 Å². The van der Waals surface area contributed by atoms with Crippen LogP contribution < -0.4 is 11.4 Å². The zero-order chi connectivity index (χ0) is 29.4. The highest BCUT2D eigenvalue weighted by molar-refractivity contribution is 7.66. The van der Waals surface area contributed by atoms with Crippen LogP contribution in [-0.2, 0) is 37.3 Å². The Labute approximate surface area is 218 Å². The number of hydrogen-bond acceptors (Lipinski definition) is 13. The first-order valence-corrected chi connectivity index (χ1v) is 15.1. The summed E-state index contributed by atoms with van der Waals surface area (Å²) in [4.78, 5) is 63.7. The number of ether oxygens (including phenoxy) is 1. The lowest BCUT2D eigenvalue weighted by molar-refractivity contribution is -0.386. The van der Waals surface area contributed by atoms with E-state index in [0.717, 1.165) is 4.57 Å². The number of phosphoric acid groups is 3.